The molecule has 3 rings (SSSR count). The van der Waals surface area contributed by atoms with Gasteiger partial charge in [0.2, 0.25) is 0 Å². The molecule has 6 heteroatoms. The molecule has 0 fully saturated rings. The number of pyridine rings is 1. The largest absolute Gasteiger partial charge is 0.354 e. The van der Waals surface area contributed by atoms with Crippen LogP contribution in [0, 0.1) is 0 Å². The number of fused-ring (bicyclic) bond motifs is 1. The second-order valence-electron chi connectivity index (χ2n) is 4.87. The summed E-state index contributed by atoms with van der Waals surface area (Å²) in [4.78, 5) is 26.9. The summed E-state index contributed by atoms with van der Waals surface area (Å²) in [5.74, 6) is -0.261. The van der Waals surface area contributed by atoms with Crippen LogP contribution in [-0.2, 0) is 6.67 Å². The summed E-state index contributed by atoms with van der Waals surface area (Å²) in [6.07, 6.45) is 0. The first-order valence-electron chi connectivity index (χ1n) is 6.76. The van der Waals surface area contributed by atoms with Gasteiger partial charge >= 0.3 is 0 Å². The van der Waals surface area contributed by atoms with Gasteiger partial charge in [-0.05, 0) is 29.8 Å². The van der Waals surface area contributed by atoms with Crippen molar-refractivity contribution in [2.45, 2.75) is 6.67 Å². The molecule has 3 aromatic rings. The van der Waals surface area contributed by atoms with Crippen LogP contribution in [0.1, 0.15) is 16.1 Å². The zero-order chi connectivity index (χ0) is 15.7. The Balaban J connectivity index is 2.22. The van der Waals surface area contributed by atoms with Crippen LogP contribution in [0.15, 0.2) is 47.3 Å². The SMILES string of the molecule is CNC(=O)c1cc2ccc(=O)n(-c3ccc(CF)cc3)c2[nH]1. The highest BCUT2D eigenvalue weighted by Crippen LogP contribution is 2.18. The number of halogens is 1. The molecule has 2 N–H and O–H groups in total. The summed E-state index contributed by atoms with van der Waals surface area (Å²) in [5, 5.41) is 3.28. The van der Waals surface area contributed by atoms with Gasteiger partial charge in [-0.15, -0.1) is 0 Å². The number of carbonyl (C=O) groups is 1. The molecule has 0 aliphatic carbocycles. The standard InChI is InChI=1S/C16H14FN3O2/c1-18-16(22)13-8-11-4-7-14(21)20(15(11)19-13)12-5-2-10(9-17)3-6-12/h2-8,19H,9H2,1H3,(H,18,22). The molecule has 0 radical (unpaired) electrons. The minimum Gasteiger partial charge on any atom is -0.354 e. The van der Waals surface area contributed by atoms with Gasteiger partial charge in [0.1, 0.15) is 18.0 Å². The van der Waals surface area contributed by atoms with Gasteiger partial charge in [-0.2, -0.15) is 0 Å². The minimum absolute atomic E-state index is 0.231. The predicted molar refractivity (Wildman–Crippen MR) is 82.1 cm³/mol. The van der Waals surface area contributed by atoms with Crippen molar-refractivity contribution in [1.29, 1.82) is 0 Å². The molecule has 1 aromatic carbocycles. The third-order valence-electron chi connectivity index (χ3n) is 3.50. The van der Waals surface area contributed by atoms with E-state index in [9.17, 15) is 14.0 Å². The molecular formula is C16H14FN3O2. The number of amides is 1. The van der Waals surface area contributed by atoms with Crippen molar-refractivity contribution in [2.75, 3.05) is 7.05 Å². The predicted octanol–water partition coefficient (Wildman–Crippen LogP) is 2.15. The van der Waals surface area contributed by atoms with Crippen LogP contribution in [-0.4, -0.2) is 22.5 Å². The number of aromatic nitrogens is 2. The topological polar surface area (TPSA) is 66.9 Å². The van der Waals surface area contributed by atoms with E-state index in [1.54, 1.807) is 36.4 Å². The lowest BCUT2D eigenvalue weighted by Crippen LogP contribution is -2.19. The molecule has 0 saturated carbocycles. The highest BCUT2D eigenvalue weighted by Gasteiger charge is 2.12. The Morgan fingerprint density at radius 1 is 1.23 bits per heavy atom. The molecule has 0 saturated heterocycles. The fraction of sp³-hybridized carbons (Fsp3) is 0.125. The van der Waals surface area contributed by atoms with Gasteiger partial charge in [-0.25, -0.2) is 4.39 Å². The molecule has 0 atom stereocenters. The summed E-state index contributed by atoms with van der Waals surface area (Å²) in [6, 6.07) is 11.4. The summed E-state index contributed by atoms with van der Waals surface area (Å²) in [6.45, 7) is -0.553. The van der Waals surface area contributed by atoms with Crippen LogP contribution in [0.5, 0.6) is 0 Å². The van der Waals surface area contributed by atoms with Crippen molar-refractivity contribution in [3.63, 3.8) is 0 Å². The minimum atomic E-state index is -0.553. The quantitative estimate of drug-likeness (QED) is 0.778. The summed E-state index contributed by atoms with van der Waals surface area (Å²) in [5.41, 5.74) is 1.82. The summed E-state index contributed by atoms with van der Waals surface area (Å²) in [7, 11) is 1.54. The van der Waals surface area contributed by atoms with Crippen molar-refractivity contribution >= 4 is 16.9 Å². The molecule has 0 aliphatic rings. The molecule has 22 heavy (non-hydrogen) atoms. The number of nitrogens with zero attached hydrogens (tertiary/aromatic N) is 1. The Morgan fingerprint density at radius 2 is 1.95 bits per heavy atom. The highest BCUT2D eigenvalue weighted by atomic mass is 19.1. The van der Waals surface area contributed by atoms with Crippen LogP contribution in [0.3, 0.4) is 0 Å². The first kappa shape index (κ1) is 14.1. The number of carbonyl (C=O) groups excluding carboxylic acids is 1. The monoisotopic (exact) mass is 299 g/mol. The molecule has 2 aromatic heterocycles. The number of nitrogens with one attached hydrogen (secondary N) is 2. The van der Waals surface area contributed by atoms with Gasteiger partial charge in [0.15, 0.2) is 0 Å². The number of aromatic amines is 1. The molecule has 112 valence electrons. The zero-order valence-corrected chi connectivity index (χ0v) is 11.9. The van der Waals surface area contributed by atoms with E-state index in [1.807, 2.05) is 0 Å². The van der Waals surface area contributed by atoms with Gasteiger partial charge < -0.3 is 10.3 Å². The third kappa shape index (κ3) is 2.28. The summed E-state index contributed by atoms with van der Waals surface area (Å²) >= 11 is 0. The van der Waals surface area contributed by atoms with Crippen molar-refractivity contribution < 1.29 is 9.18 Å². The van der Waals surface area contributed by atoms with E-state index in [2.05, 4.69) is 10.3 Å². The van der Waals surface area contributed by atoms with Crippen LogP contribution in [0.25, 0.3) is 16.7 Å². The Morgan fingerprint density at radius 3 is 2.59 bits per heavy atom. The Labute approximate surface area is 125 Å². The number of alkyl halides is 1. The van der Waals surface area contributed by atoms with Crippen LogP contribution >= 0.6 is 0 Å². The molecule has 2 heterocycles. The third-order valence-corrected chi connectivity index (χ3v) is 3.50. The fourth-order valence-electron chi connectivity index (χ4n) is 2.36. The molecular weight excluding hydrogens is 285 g/mol. The lowest BCUT2D eigenvalue weighted by molar-refractivity contribution is 0.0959. The van der Waals surface area contributed by atoms with Gasteiger partial charge in [-0.1, -0.05) is 12.1 Å². The van der Waals surface area contributed by atoms with Crippen molar-refractivity contribution in [1.82, 2.24) is 14.9 Å². The van der Waals surface area contributed by atoms with E-state index in [4.69, 9.17) is 0 Å². The van der Waals surface area contributed by atoms with E-state index in [0.717, 1.165) is 5.39 Å². The van der Waals surface area contributed by atoms with Crippen LogP contribution in [0.2, 0.25) is 0 Å². The van der Waals surface area contributed by atoms with Gasteiger partial charge in [-0.3, -0.25) is 14.2 Å². The van der Waals surface area contributed by atoms with Gasteiger partial charge in [0.25, 0.3) is 11.5 Å². The average Bonchev–Trinajstić information content (AvgIpc) is 2.98. The van der Waals surface area contributed by atoms with Crippen molar-refractivity contribution in [3.8, 4) is 5.69 Å². The second-order valence-corrected chi connectivity index (χ2v) is 4.87. The molecule has 0 spiro atoms. The van der Waals surface area contributed by atoms with Crippen molar-refractivity contribution in [2.24, 2.45) is 0 Å². The number of rotatable bonds is 3. The number of H-pyrrole nitrogens is 1. The summed E-state index contributed by atoms with van der Waals surface area (Å²) < 4.78 is 14.1. The zero-order valence-electron chi connectivity index (χ0n) is 11.9. The lowest BCUT2D eigenvalue weighted by atomic mass is 10.2. The van der Waals surface area contributed by atoms with E-state index >= 15 is 0 Å². The highest BCUT2D eigenvalue weighted by molar-refractivity contribution is 5.97. The van der Waals surface area contributed by atoms with Crippen molar-refractivity contribution in [3.05, 3.63) is 64.1 Å². The first-order valence-corrected chi connectivity index (χ1v) is 6.76. The Hall–Kier alpha value is -2.89. The lowest BCUT2D eigenvalue weighted by Gasteiger charge is -2.07. The smallest absolute Gasteiger partial charge is 0.267 e. The van der Waals surface area contributed by atoms with E-state index in [1.165, 1.54) is 17.7 Å². The first-order chi connectivity index (χ1) is 10.6. The number of benzene rings is 1. The Kier molecular flexibility index (Phi) is 3.50. The number of hydrogen-bond acceptors (Lipinski definition) is 2. The molecule has 0 unspecified atom stereocenters. The second kappa shape index (κ2) is 5.48. The molecule has 1 amide bonds. The normalized spacial score (nSPS) is 10.8. The maximum absolute atomic E-state index is 12.6. The maximum atomic E-state index is 12.6. The fourth-order valence-corrected chi connectivity index (χ4v) is 2.36. The Bertz CT molecular complexity index is 894. The number of hydrogen-bond donors (Lipinski definition) is 2. The molecule has 5 nitrogen and oxygen atoms in total. The van der Waals surface area contributed by atoms with Gasteiger partial charge in [0.05, 0.1) is 5.69 Å². The molecule has 0 bridgehead atoms. The molecule has 0 aliphatic heterocycles. The van der Waals surface area contributed by atoms with E-state index in [-0.39, 0.29) is 11.5 Å². The average molecular weight is 299 g/mol. The van der Waals surface area contributed by atoms with Crippen LogP contribution < -0.4 is 10.9 Å². The van der Waals surface area contributed by atoms with E-state index < -0.39 is 6.67 Å². The maximum Gasteiger partial charge on any atom is 0.267 e. The van der Waals surface area contributed by atoms with E-state index in [0.29, 0.717) is 22.6 Å². The van der Waals surface area contributed by atoms with Gasteiger partial charge in [0, 0.05) is 18.5 Å². The van der Waals surface area contributed by atoms with Crippen LogP contribution in [0.4, 0.5) is 4.39 Å².